The number of ether oxygens (including phenoxy) is 1. The van der Waals surface area contributed by atoms with Crippen molar-refractivity contribution in [2.45, 2.75) is 45.1 Å². The summed E-state index contributed by atoms with van der Waals surface area (Å²) in [5.41, 5.74) is 0.870. The molecule has 0 N–H and O–H groups in total. The van der Waals surface area contributed by atoms with Crippen LogP contribution in [0.2, 0.25) is 0 Å². The topological polar surface area (TPSA) is 56.5 Å². The van der Waals surface area contributed by atoms with Crippen molar-refractivity contribution in [3.63, 3.8) is 0 Å². The first-order valence-electron chi connectivity index (χ1n) is 10.3. The number of carbonyl (C=O) groups is 1. The van der Waals surface area contributed by atoms with E-state index in [1.54, 1.807) is 24.6 Å². The van der Waals surface area contributed by atoms with Gasteiger partial charge in [-0.3, -0.25) is 9.78 Å². The van der Waals surface area contributed by atoms with Crippen LogP contribution in [0.25, 0.3) is 10.4 Å². The molecular formula is C22H27N3O2S. The summed E-state index contributed by atoms with van der Waals surface area (Å²) in [4.78, 5) is 24.2. The second-order valence-corrected chi connectivity index (χ2v) is 9.93. The van der Waals surface area contributed by atoms with Crippen molar-refractivity contribution in [2.75, 3.05) is 13.7 Å². The van der Waals surface area contributed by atoms with Gasteiger partial charge in [-0.1, -0.05) is 17.4 Å². The number of methoxy groups -OCH3 is 1. The summed E-state index contributed by atoms with van der Waals surface area (Å²) in [7, 11) is 1.70. The molecule has 2 heterocycles. The molecule has 2 aromatic heterocycles. The highest BCUT2D eigenvalue weighted by atomic mass is 32.1. The summed E-state index contributed by atoms with van der Waals surface area (Å²) in [5.74, 6) is 2.37. The number of amides is 1. The molecule has 148 valence electrons. The molecule has 0 aliphatic heterocycles. The van der Waals surface area contributed by atoms with E-state index in [0.717, 1.165) is 52.3 Å². The lowest BCUT2D eigenvalue weighted by Gasteiger charge is -2.55. The average Bonchev–Trinajstić information content (AvgIpc) is 3.08. The molecule has 2 aromatic rings. The van der Waals surface area contributed by atoms with Crippen molar-refractivity contribution < 1.29 is 9.53 Å². The Morgan fingerprint density at radius 1 is 1.29 bits per heavy atom. The highest BCUT2D eigenvalue weighted by Gasteiger charge is 2.54. The zero-order valence-electron chi connectivity index (χ0n) is 16.3. The molecule has 4 bridgehead atoms. The molecule has 28 heavy (non-hydrogen) atoms. The summed E-state index contributed by atoms with van der Waals surface area (Å²) in [6, 6.07) is 3.98. The molecule has 0 unspecified atom stereocenters. The van der Waals surface area contributed by atoms with Crippen LogP contribution in [0.1, 0.15) is 38.5 Å². The second-order valence-electron chi connectivity index (χ2n) is 8.92. The van der Waals surface area contributed by atoms with Gasteiger partial charge in [-0.15, -0.1) is 0 Å². The lowest BCUT2D eigenvalue weighted by atomic mass is 9.49. The molecule has 0 atom stereocenters. The first-order chi connectivity index (χ1) is 13.6. The number of carbonyl (C=O) groups excluding carboxylic acids is 1. The molecule has 6 rings (SSSR count). The van der Waals surface area contributed by atoms with Crippen molar-refractivity contribution in [3.8, 4) is 10.4 Å². The third-order valence-electron chi connectivity index (χ3n) is 6.89. The van der Waals surface area contributed by atoms with E-state index >= 15 is 0 Å². The highest BCUT2D eigenvalue weighted by molar-refractivity contribution is 7.12. The van der Waals surface area contributed by atoms with Gasteiger partial charge in [-0.2, -0.15) is 4.99 Å². The fraction of sp³-hybridized carbons (Fsp3) is 0.591. The first-order valence-corrected chi connectivity index (χ1v) is 11.2. The highest BCUT2D eigenvalue weighted by Crippen LogP contribution is 2.60. The summed E-state index contributed by atoms with van der Waals surface area (Å²) in [5, 5.41) is 0. The average molecular weight is 398 g/mol. The number of hydrogen-bond acceptors (Lipinski definition) is 4. The molecule has 5 nitrogen and oxygen atoms in total. The number of nitrogens with zero attached hydrogens (tertiary/aromatic N) is 3. The molecule has 0 spiro atoms. The molecule has 4 saturated carbocycles. The van der Waals surface area contributed by atoms with Crippen LogP contribution in [-0.2, 0) is 16.1 Å². The third-order valence-corrected chi connectivity index (χ3v) is 7.96. The van der Waals surface area contributed by atoms with Crippen molar-refractivity contribution >= 4 is 17.2 Å². The predicted molar refractivity (Wildman–Crippen MR) is 109 cm³/mol. The minimum Gasteiger partial charge on any atom is -0.383 e. The van der Waals surface area contributed by atoms with Gasteiger partial charge in [0.25, 0.3) is 5.91 Å². The van der Waals surface area contributed by atoms with Crippen LogP contribution < -0.4 is 4.80 Å². The third kappa shape index (κ3) is 3.26. The summed E-state index contributed by atoms with van der Waals surface area (Å²) in [6.07, 6.45) is 12.9. The largest absolute Gasteiger partial charge is 0.383 e. The van der Waals surface area contributed by atoms with Gasteiger partial charge in [-0.05, 0) is 62.3 Å². The normalized spacial score (nSPS) is 31.5. The molecule has 1 amide bonds. The van der Waals surface area contributed by atoms with Crippen LogP contribution in [0.3, 0.4) is 0 Å². The quantitative estimate of drug-likeness (QED) is 0.769. The Hall–Kier alpha value is -1.79. The molecular weight excluding hydrogens is 370 g/mol. The Morgan fingerprint density at radius 3 is 2.61 bits per heavy atom. The molecule has 0 aromatic carbocycles. The fourth-order valence-corrected chi connectivity index (χ4v) is 7.04. The first kappa shape index (κ1) is 18.3. The van der Waals surface area contributed by atoms with E-state index in [9.17, 15) is 4.79 Å². The van der Waals surface area contributed by atoms with Gasteiger partial charge in [0.15, 0.2) is 4.80 Å². The zero-order chi connectivity index (χ0) is 19.1. The van der Waals surface area contributed by atoms with Crippen LogP contribution >= 0.6 is 11.3 Å². The van der Waals surface area contributed by atoms with Gasteiger partial charge in [0, 0.05) is 37.8 Å². The second kappa shape index (κ2) is 7.23. The Bertz CT molecular complexity index is 895. The fourth-order valence-electron chi connectivity index (χ4n) is 6.04. The van der Waals surface area contributed by atoms with Gasteiger partial charge >= 0.3 is 0 Å². The van der Waals surface area contributed by atoms with E-state index in [4.69, 9.17) is 9.73 Å². The maximum absolute atomic E-state index is 13.4. The molecule has 6 heteroatoms. The van der Waals surface area contributed by atoms with Crippen LogP contribution in [-0.4, -0.2) is 29.2 Å². The van der Waals surface area contributed by atoms with E-state index in [2.05, 4.69) is 15.7 Å². The Morgan fingerprint density at radius 2 is 2.00 bits per heavy atom. The van der Waals surface area contributed by atoms with Crippen LogP contribution in [0, 0.1) is 23.2 Å². The van der Waals surface area contributed by atoms with Crippen LogP contribution in [0.5, 0.6) is 0 Å². The number of aromatic nitrogens is 2. The van der Waals surface area contributed by atoms with E-state index in [0.29, 0.717) is 13.2 Å². The standard InChI is InChI=1S/C22H27N3O2S/c1-27-6-5-25-14-19(18-3-2-4-23-13-18)28-21(25)24-20(26)22-10-15-7-16(11-22)9-17(8-15)12-22/h2-4,13-17H,5-12H2,1H3. The van der Waals surface area contributed by atoms with E-state index in [1.165, 1.54) is 19.3 Å². The van der Waals surface area contributed by atoms with Crippen molar-refractivity contribution in [3.05, 3.63) is 35.5 Å². The summed E-state index contributed by atoms with van der Waals surface area (Å²) in [6.45, 7) is 1.29. The van der Waals surface area contributed by atoms with Crippen LogP contribution in [0.4, 0.5) is 0 Å². The van der Waals surface area contributed by atoms with E-state index in [1.807, 2.05) is 18.3 Å². The molecule has 0 saturated heterocycles. The monoisotopic (exact) mass is 397 g/mol. The van der Waals surface area contributed by atoms with Gasteiger partial charge in [-0.25, -0.2) is 0 Å². The minimum atomic E-state index is -0.188. The van der Waals surface area contributed by atoms with Gasteiger partial charge in [0.05, 0.1) is 16.9 Å². The number of thiazole rings is 1. The maximum atomic E-state index is 13.4. The number of hydrogen-bond donors (Lipinski definition) is 0. The Labute approximate surface area is 169 Å². The zero-order valence-corrected chi connectivity index (χ0v) is 17.2. The molecule has 4 fully saturated rings. The summed E-state index contributed by atoms with van der Waals surface area (Å²) >= 11 is 1.58. The van der Waals surface area contributed by atoms with Gasteiger partial charge in [0.2, 0.25) is 0 Å². The van der Waals surface area contributed by atoms with E-state index < -0.39 is 0 Å². The number of rotatable bonds is 5. The molecule has 4 aliphatic carbocycles. The van der Waals surface area contributed by atoms with Crippen LogP contribution in [0.15, 0.2) is 35.7 Å². The van der Waals surface area contributed by atoms with Crippen molar-refractivity contribution in [2.24, 2.45) is 28.2 Å². The van der Waals surface area contributed by atoms with Crippen molar-refractivity contribution in [1.82, 2.24) is 9.55 Å². The lowest BCUT2D eigenvalue weighted by molar-refractivity contribution is -0.142. The lowest BCUT2D eigenvalue weighted by Crippen LogP contribution is -2.49. The predicted octanol–water partition coefficient (Wildman–Crippen LogP) is 3.90. The number of pyridine rings is 1. The SMILES string of the molecule is COCCn1cc(-c2cccnc2)sc1=NC(=O)C12CC3CC(CC(C3)C1)C2. The minimum absolute atomic E-state index is 0.123. The van der Waals surface area contributed by atoms with Crippen molar-refractivity contribution in [1.29, 1.82) is 0 Å². The van der Waals surface area contributed by atoms with Gasteiger partial charge in [0.1, 0.15) is 0 Å². The van der Waals surface area contributed by atoms with E-state index in [-0.39, 0.29) is 11.3 Å². The maximum Gasteiger partial charge on any atom is 0.254 e. The molecule has 4 aliphatic rings. The van der Waals surface area contributed by atoms with Gasteiger partial charge < -0.3 is 9.30 Å². The summed E-state index contributed by atoms with van der Waals surface area (Å²) < 4.78 is 7.33. The molecule has 0 radical (unpaired) electrons. The smallest absolute Gasteiger partial charge is 0.254 e. The Kier molecular flexibility index (Phi) is 4.71. The Balaban J connectivity index is 1.50.